The van der Waals surface area contributed by atoms with E-state index < -0.39 is 0 Å². The van der Waals surface area contributed by atoms with Crippen molar-refractivity contribution >= 4 is 6.03 Å². The first-order chi connectivity index (χ1) is 13.3. The van der Waals surface area contributed by atoms with E-state index in [1.54, 1.807) is 0 Å². The molecule has 2 amide bonds. The maximum Gasteiger partial charge on any atom is 0.317 e. The summed E-state index contributed by atoms with van der Waals surface area (Å²) in [5.41, 5.74) is 3.15. The first-order valence-electron chi connectivity index (χ1n) is 9.33. The molecule has 2 aromatic carbocycles. The number of carbonyl (C=O) groups excluding carboxylic acids is 1. The number of hydrogen-bond acceptors (Lipinski definition) is 3. The van der Waals surface area contributed by atoms with Crippen LogP contribution in [0, 0.1) is 0 Å². The minimum Gasteiger partial charge on any atom is -0.338 e. The average Bonchev–Trinajstić information content (AvgIpc) is 3.39. The molecule has 1 unspecified atom stereocenters. The highest BCUT2D eigenvalue weighted by atomic mass is 16.2. The van der Waals surface area contributed by atoms with Gasteiger partial charge in [-0.25, -0.2) is 9.48 Å². The Hall–Kier alpha value is -3.15. The molecule has 0 bridgehead atoms. The number of amides is 2. The maximum atomic E-state index is 12.4. The average molecular weight is 361 g/mol. The molecule has 1 aliphatic heterocycles. The number of hydrogen-bond donors (Lipinski definition) is 1. The fourth-order valence-corrected chi connectivity index (χ4v) is 3.41. The molecular weight excluding hydrogens is 338 g/mol. The minimum absolute atomic E-state index is 0.00294. The highest BCUT2D eigenvalue weighted by Crippen LogP contribution is 2.23. The zero-order valence-corrected chi connectivity index (χ0v) is 15.2. The van der Waals surface area contributed by atoms with Crippen LogP contribution in [0.1, 0.15) is 18.0 Å². The number of nitrogens with one attached hydrogen (secondary N) is 1. The smallest absolute Gasteiger partial charge is 0.317 e. The van der Waals surface area contributed by atoms with Crippen LogP contribution in [0.3, 0.4) is 0 Å². The van der Waals surface area contributed by atoms with Crippen molar-refractivity contribution < 1.29 is 4.79 Å². The summed E-state index contributed by atoms with van der Waals surface area (Å²) >= 11 is 0. The van der Waals surface area contributed by atoms with E-state index in [1.807, 2.05) is 64.3 Å². The lowest BCUT2D eigenvalue weighted by molar-refractivity contribution is 0.207. The predicted octanol–water partition coefficient (Wildman–Crippen LogP) is 3.14. The minimum atomic E-state index is -0.00294. The van der Waals surface area contributed by atoms with Crippen molar-refractivity contribution in [2.75, 3.05) is 19.6 Å². The molecule has 0 radical (unpaired) electrons. The Bertz CT molecular complexity index is 878. The van der Waals surface area contributed by atoms with Crippen LogP contribution in [-0.4, -0.2) is 45.6 Å². The van der Waals surface area contributed by atoms with Gasteiger partial charge >= 0.3 is 6.03 Å². The lowest BCUT2D eigenvalue weighted by atomic mass is 10.1. The number of benzene rings is 2. The van der Waals surface area contributed by atoms with Crippen molar-refractivity contribution in [3.05, 3.63) is 72.4 Å². The molecule has 6 nitrogen and oxygen atoms in total. The van der Waals surface area contributed by atoms with Gasteiger partial charge in [0.2, 0.25) is 0 Å². The maximum absolute atomic E-state index is 12.4. The summed E-state index contributed by atoms with van der Waals surface area (Å²) in [6.45, 7) is 2.04. The van der Waals surface area contributed by atoms with Crippen LogP contribution in [0.4, 0.5) is 4.79 Å². The van der Waals surface area contributed by atoms with E-state index in [0.29, 0.717) is 13.1 Å². The number of rotatable bonds is 5. The van der Waals surface area contributed by atoms with Crippen molar-refractivity contribution in [1.82, 2.24) is 25.2 Å². The van der Waals surface area contributed by atoms with Crippen LogP contribution in [0.5, 0.6) is 0 Å². The van der Waals surface area contributed by atoms with E-state index in [-0.39, 0.29) is 12.1 Å². The molecule has 138 valence electrons. The first kappa shape index (κ1) is 17.3. The van der Waals surface area contributed by atoms with Crippen LogP contribution >= 0.6 is 0 Å². The third kappa shape index (κ3) is 4.16. The van der Waals surface area contributed by atoms with Gasteiger partial charge in [-0.1, -0.05) is 65.9 Å². The van der Waals surface area contributed by atoms with E-state index in [2.05, 4.69) is 27.8 Å². The zero-order valence-electron chi connectivity index (χ0n) is 15.2. The van der Waals surface area contributed by atoms with Crippen LogP contribution < -0.4 is 5.32 Å². The molecule has 1 N–H and O–H groups in total. The van der Waals surface area contributed by atoms with Crippen LogP contribution in [0.25, 0.3) is 11.3 Å². The van der Waals surface area contributed by atoms with Gasteiger partial charge in [0.1, 0.15) is 5.69 Å². The summed E-state index contributed by atoms with van der Waals surface area (Å²) in [7, 11) is 0. The number of urea groups is 1. The van der Waals surface area contributed by atoms with E-state index >= 15 is 0 Å². The van der Waals surface area contributed by atoms with Gasteiger partial charge < -0.3 is 10.2 Å². The van der Waals surface area contributed by atoms with Crippen molar-refractivity contribution in [3.63, 3.8) is 0 Å². The zero-order chi connectivity index (χ0) is 18.5. The second kappa shape index (κ2) is 8.03. The summed E-state index contributed by atoms with van der Waals surface area (Å²) < 4.78 is 1.89. The van der Waals surface area contributed by atoms with Gasteiger partial charge in [0, 0.05) is 25.2 Å². The Morgan fingerprint density at radius 3 is 2.59 bits per heavy atom. The molecule has 0 saturated carbocycles. The fraction of sp³-hybridized carbons (Fsp3) is 0.286. The van der Waals surface area contributed by atoms with E-state index in [9.17, 15) is 4.79 Å². The molecule has 1 aliphatic rings. The molecule has 1 atom stereocenters. The van der Waals surface area contributed by atoms with Crippen molar-refractivity contribution in [2.45, 2.75) is 18.9 Å². The van der Waals surface area contributed by atoms with Gasteiger partial charge in [0.15, 0.2) is 0 Å². The molecule has 0 spiro atoms. The van der Waals surface area contributed by atoms with Crippen molar-refractivity contribution in [2.24, 2.45) is 0 Å². The number of nitrogens with zero attached hydrogens (tertiary/aromatic N) is 4. The SMILES string of the molecule is O=C(NCCc1ccccc1)N1CCC(n2cc(-c3ccccc3)nn2)C1. The van der Waals surface area contributed by atoms with E-state index in [4.69, 9.17) is 0 Å². The molecule has 1 saturated heterocycles. The van der Waals surface area contributed by atoms with Crippen LogP contribution in [0.2, 0.25) is 0 Å². The topological polar surface area (TPSA) is 63.1 Å². The molecule has 0 aliphatic carbocycles. The third-order valence-corrected chi connectivity index (χ3v) is 4.94. The van der Waals surface area contributed by atoms with Gasteiger partial charge in [-0.15, -0.1) is 5.10 Å². The monoisotopic (exact) mass is 361 g/mol. The summed E-state index contributed by atoms with van der Waals surface area (Å²) in [6.07, 6.45) is 3.70. The lowest BCUT2D eigenvalue weighted by Crippen LogP contribution is -2.39. The number of aromatic nitrogens is 3. The molecule has 4 rings (SSSR count). The lowest BCUT2D eigenvalue weighted by Gasteiger charge is -2.17. The predicted molar refractivity (Wildman–Crippen MR) is 104 cm³/mol. The number of carbonyl (C=O) groups is 1. The normalized spacial score (nSPS) is 16.4. The number of likely N-dealkylation sites (tertiary alicyclic amines) is 1. The quantitative estimate of drug-likeness (QED) is 0.759. The standard InChI is InChI=1S/C21H23N5O/c27-21(22-13-11-17-7-3-1-4-8-17)25-14-12-19(15-25)26-16-20(23-24-26)18-9-5-2-6-10-18/h1-10,16,19H,11-15H2,(H,22,27). The largest absolute Gasteiger partial charge is 0.338 e. The summed E-state index contributed by atoms with van der Waals surface area (Å²) in [5, 5.41) is 11.6. The van der Waals surface area contributed by atoms with Gasteiger partial charge in [-0.3, -0.25) is 0 Å². The molecule has 6 heteroatoms. The first-order valence-corrected chi connectivity index (χ1v) is 9.33. The van der Waals surface area contributed by atoms with Gasteiger partial charge in [-0.05, 0) is 18.4 Å². The second-order valence-corrected chi connectivity index (χ2v) is 6.81. The summed E-state index contributed by atoms with van der Waals surface area (Å²) in [6, 6.07) is 20.4. The van der Waals surface area contributed by atoms with Crippen LogP contribution in [0.15, 0.2) is 66.9 Å². The molecule has 27 heavy (non-hydrogen) atoms. The van der Waals surface area contributed by atoms with E-state index in [0.717, 1.165) is 30.6 Å². The Balaban J connectivity index is 1.29. The summed E-state index contributed by atoms with van der Waals surface area (Å²) in [4.78, 5) is 14.3. The Kier molecular flexibility index (Phi) is 5.14. The van der Waals surface area contributed by atoms with Crippen LogP contribution in [-0.2, 0) is 6.42 Å². The molecular formula is C21H23N5O. The second-order valence-electron chi connectivity index (χ2n) is 6.81. The van der Waals surface area contributed by atoms with Crippen molar-refractivity contribution in [3.8, 4) is 11.3 Å². The Labute approximate surface area is 158 Å². The van der Waals surface area contributed by atoms with Gasteiger partial charge in [-0.2, -0.15) is 0 Å². The van der Waals surface area contributed by atoms with E-state index in [1.165, 1.54) is 5.56 Å². The molecule has 2 heterocycles. The van der Waals surface area contributed by atoms with Gasteiger partial charge in [0.25, 0.3) is 0 Å². The van der Waals surface area contributed by atoms with Gasteiger partial charge in [0.05, 0.1) is 12.2 Å². The Morgan fingerprint density at radius 1 is 1.07 bits per heavy atom. The highest BCUT2D eigenvalue weighted by molar-refractivity contribution is 5.74. The Morgan fingerprint density at radius 2 is 1.81 bits per heavy atom. The molecule has 1 fully saturated rings. The highest BCUT2D eigenvalue weighted by Gasteiger charge is 2.28. The summed E-state index contributed by atoms with van der Waals surface area (Å²) in [5.74, 6) is 0. The molecule has 1 aromatic heterocycles. The van der Waals surface area contributed by atoms with Crippen molar-refractivity contribution in [1.29, 1.82) is 0 Å². The molecule has 3 aromatic rings. The fourth-order valence-electron chi connectivity index (χ4n) is 3.41. The third-order valence-electron chi connectivity index (χ3n) is 4.94.